The van der Waals surface area contributed by atoms with Crippen molar-refractivity contribution < 1.29 is 9.53 Å². The van der Waals surface area contributed by atoms with E-state index in [0.717, 1.165) is 31.9 Å². The maximum atomic E-state index is 12.6. The molecule has 132 valence electrons. The first-order valence-corrected chi connectivity index (χ1v) is 8.88. The van der Waals surface area contributed by atoms with E-state index < -0.39 is 6.10 Å². The molecule has 1 aliphatic heterocycles. The number of ether oxygens (including phenoxy) is 1. The summed E-state index contributed by atoms with van der Waals surface area (Å²) in [5.41, 5.74) is 3.91. The first-order chi connectivity index (χ1) is 12.1. The van der Waals surface area contributed by atoms with Crippen LogP contribution in [0.1, 0.15) is 18.1 Å². The average Bonchev–Trinajstić information content (AvgIpc) is 2.64. The molecule has 0 N–H and O–H groups in total. The third kappa shape index (κ3) is 3.95. The first kappa shape index (κ1) is 17.3. The molecule has 4 nitrogen and oxygen atoms in total. The Morgan fingerprint density at radius 2 is 1.64 bits per heavy atom. The van der Waals surface area contributed by atoms with Crippen molar-refractivity contribution in [2.45, 2.75) is 26.9 Å². The van der Waals surface area contributed by atoms with E-state index in [1.165, 1.54) is 16.8 Å². The van der Waals surface area contributed by atoms with Crippen LogP contribution in [0.2, 0.25) is 0 Å². The number of carbonyl (C=O) groups is 1. The van der Waals surface area contributed by atoms with Crippen LogP contribution in [0.3, 0.4) is 0 Å². The zero-order valence-corrected chi connectivity index (χ0v) is 15.2. The number of nitrogens with zero attached hydrogens (tertiary/aromatic N) is 2. The van der Waals surface area contributed by atoms with E-state index in [9.17, 15) is 4.79 Å². The quantitative estimate of drug-likeness (QED) is 0.856. The van der Waals surface area contributed by atoms with Gasteiger partial charge in [0.2, 0.25) is 0 Å². The lowest BCUT2D eigenvalue weighted by Gasteiger charge is -2.37. The Kier molecular flexibility index (Phi) is 5.27. The Morgan fingerprint density at radius 1 is 0.960 bits per heavy atom. The molecule has 0 saturated carbocycles. The van der Waals surface area contributed by atoms with Crippen LogP contribution in [0.25, 0.3) is 0 Å². The van der Waals surface area contributed by atoms with Crippen molar-refractivity contribution in [1.29, 1.82) is 0 Å². The van der Waals surface area contributed by atoms with Gasteiger partial charge in [0.25, 0.3) is 5.91 Å². The number of hydrogen-bond acceptors (Lipinski definition) is 3. The van der Waals surface area contributed by atoms with Gasteiger partial charge in [0.15, 0.2) is 6.10 Å². The molecule has 3 rings (SSSR count). The van der Waals surface area contributed by atoms with Gasteiger partial charge < -0.3 is 14.5 Å². The van der Waals surface area contributed by atoms with Crippen molar-refractivity contribution in [1.82, 2.24) is 4.90 Å². The molecule has 1 unspecified atom stereocenters. The zero-order chi connectivity index (χ0) is 17.8. The molecular weight excluding hydrogens is 312 g/mol. The topological polar surface area (TPSA) is 32.8 Å². The number of aryl methyl sites for hydroxylation is 1. The second-order valence-electron chi connectivity index (χ2n) is 6.60. The Labute approximate surface area is 150 Å². The van der Waals surface area contributed by atoms with E-state index in [4.69, 9.17) is 4.74 Å². The van der Waals surface area contributed by atoms with Gasteiger partial charge in [0, 0.05) is 31.9 Å². The van der Waals surface area contributed by atoms with Crippen LogP contribution in [0, 0.1) is 13.8 Å². The predicted octanol–water partition coefficient (Wildman–Crippen LogP) is 3.42. The summed E-state index contributed by atoms with van der Waals surface area (Å²) < 4.78 is 5.77. The summed E-state index contributed by atoms with van der Waals surface area (Å²) in [6.45, 7) is 9.30. The van der Waals surface area contributed by atoms with Gasteiger partial charge in [-0.05, 0) is 50.1 Å². The number of hydrogen-bond donors (Lipinski definition) is 0. The van der Waals surface area contributed by atoms with Gasteiger partial charge in [0.1, 0.15) is 5.75 Å². The molecular formula is C21H26N2O2. The van der Waals surface area contributed by atoms with E-state index in [-0.39, 0.29) is 5.91 Å². The minimum absolute atomic E-state index is 0.0597. The van der Waals surface area contributed by atoms with Crippen molar-refractivity contribution in [2.75, 3.05) is 31.1 Å². The number of rotatable bonds is 4. The number of benzene rings is 2. The summed E-state index contributed by atoms with van der Waals surface area (Å²) in [7, 11) is 0. The highest BCUT2D eigenvalue weighted by Crippen LogP contribution is 2.24. The fourth-order valence-corrected chi connectivity index (χ4v) is 3.26. The molecule has 0 aliphatic carbocycles. The maximum absolute atomic E-state index is 12.6. The lowest BCUT2D eigenvalue weighted by atomic mass is 10.1. The van der Waals surface area contributed by atoms with Gasteiger partial charge >= 0.3 is 0 Å². The number of para-hydroxylation sites is 1. The molecule has 1 atom stereocenters. The van der Waals surface area contributed by atoms with Crippen LogP contribution in [-0.4, -0.2) is 43.1 Å². The molecule has 1 aliphatic rings. The van der Waals surface area contributed by atoms with E-state index in [0.29, 0.717) is 0 Å². The van der Waals surface area contributed by atoms with E-state index >= 15 is 0 Å². The van der Waals surface area contributed by atoms with Crippen LogP contribution in [0.4, 0.5) is 5.69 Å². The molecule has 4 heteroatoms. The average molecular weight is 338 g/mol. The van der Waals surface area contributed by atoms with Crippen molar-refractivity contribution in [2.24, 2.45) is 0 Å². The van der Waals surface area contributed by atoms with Crippen molar-refractivity contribution in [3.05, 3.63) is 59.7 Å². The Balaban J connectivity index is 1.58. The van der Waals surface area contributed by atoms with Gasteiger partial charge in [-0.25, -0.2) is 0 Å². The smallest absolute Gasteiger partial charge is 0.263 e. The Hall–Kier alpha value is -2.49. The lowest BCUT2D eigenvalue weighted by molar-refractivity contribution is -0.138. The highest BCUT2D eigenvalue weighted by atomic mass is 16.5. The predicted molar refractivity (Wildman–Crippen MR) is 101 cm³/mol. The molecule has 1 heterocycles. The minimum Gasteiger partial charge on any atom is -0.481 e. The molecule has 0 radical (unpaired) electrons. The van der Waals surface area contributed by atoms with Gasteiger partial charge in [0.05, 0.1) is 0 Å². The molecule has 1 fully saturated rings. The van der Waals surface area contributed by atoms with E-state index in [1.807, 2.05) is 42.2 Å². The Bertz CT molecular complexity index is 722. The standard InChI is InChI=1S/C21H26N2O2/c1-16-8-7-11-20(17(16)2)22-12-14-23(15-13-22)21(24)18(3)25-19-9-5-4-6-10-19/h4-11,18H,12-15H2,1-3H3. The first-order valence-electron chi connectivity index (χ1n) is 8.88. The monoisotopic (exact) mass is 338 g/mol. The minimum atomic E-state index is -0.463. The summed E-state index contributed by atoms with van der Waals surface area (Å²) in [6.07, 6.45) is -0.463. The third-order valence-corrected chi connectivity index (χ3v) is 4.91. The molecule has 1 amide bonds. The lowest BCUT2D eigenvalue weighted by Crippen LogP contribution is -2.52. The number of amides is 1. The molecule has 2 aromatic rings. The second kappa shape index (κ2) is 7.60. The van der Waals surface area contributed by atoms with Gasteiger partial charge in [-0.2, -0.15) is 0 Å². The summed E-state index contributed by atoms with van der Waals surface area (Å²) in [4.78, 5) is 16.9. The van der Waals surface area contributed by atoms with E-state index in [1.54, 1.807) is 0 Å². The summed E-state index contributed by atoms with van der Waals surface area (Å²) in [6, 6.07) is 15.9. The molecule has 0 spiro atoms. The van der Waals surface area contributed by atoms with Crippen molar-refractivity contribution in [3.63, 3.8) is 0 Å². The highest BCUT2D eigenvalue weighted by Gasteiger charge is 2.26. The number of anilines is 1. The fourth-order valence-electron chi connectivity index (χ4n) is 3.26. The Morgan fingerprint density at radius 3 is 2.32 bits per heavy atom. The van der Waals surface area contributed by atoms with Crippen molar-refractivity contribution in [3.8, 4) is 5.75 Å². The number of carbonyl (C=O) groups excluding carboxylic acids is 1. The molecule has 25 heavy (non-hydrogen) atoms. The maximum Gasteiger partial charge on any atom is 0.263 e. The van der Waals surface area contributed by atoms with Crippen LogP contribution in [-0.2, 0) is 4.79 Å². The molecule has 0 bridgehead atoms. The van der Waals surface area contributed by atoms with Crippen LogP contribution < -0.4 is 9.64 Å². The van der Waals surface area contributed by atoms with E-state index in [2.05, 4.69) is 36.9 Å². The largest absolute Gasteiger partial charge is 0.481 e. The number of piperazine rings is 1. The molecule has 0 aromatic heterocycles. The van der Waals surface area contributed by atoms with Crippen LogP contribution in [0.5, 0.6) is 5.75 Å². The SMILES string of the molecule is Cc1cccc(N2CCN(C(=O)C(C)Oc3ccccc3)CC2)c1C. The highest BCUT2D eigenvalue weighted by molar-refractivity contribution is 5.81. The normalized spacial score (nSPS) is 15.8. The summed E-state index contributed by atoms with van der Waals surface area (Å²) in [5, 5.41) is 0. The van der Waals surface area contributed by atoms with Crippen molar-refractivity contribution >= 4 is 11.6 Å². The third-order valence-electron chi connectivity index (χ3n) is 4.91. The van der Waals surface area contributed by atoms with Gasteiger partial charge in [-0.3, -0.25) is 4.79 Å². The fraction of sp³-hybridized carbons (Fsp3) is 0.381. The molecule has 2 aromatic carbocycles. The molecule has 1 saturated heterocycles. The summed E-state index contributed by atoms with van der Waals surface area (Å²) >= 11 is 0. The zero-order valence-electron chi connectivity index (χ0n) is 15.2. The van der Waals surface area contributed by atoms with Gasteiger partial charge in [-0.1, -0.05) is 30.3 Å². The van der Waals surface area contributed by atoms with Gasteiger partial charge in [-0.15, -0.1) is 0 Å². The van der Waals surface area contributed by atoms with Crippen LogP contribution >= 0.6 is 0 Å². The summed E-state index contributed by atoms with van der Waals surface area (Å²) in [5.74, 6) is 0.793. The van der Waals surface area contributed by atoms with Crippen LogP contribution in [0.15, 0.2) is 48.5 Å². The second-order valence-corrected chi connectivity index (χ2v) is 6.60.